The van der Waals surface area contributed by atoms with Gasteiger partial charge in [-0.1, -0.05) is 13.8 Å². The predicted molar refractivity (Wildman–Crippen MR) is 60.4 cm³/mol. The van der Waals surface area contributed by atoms with E-state index in [4.69, 9.17) is 5.73 Å². The number of hydrogen-bond acceptors (Lipinski definition) is 4. The van der Waals surface area contributed by atoms with Crippen LogP contribution in [0.3, 0.4) is 0 Å². The Morgan fingerprint density at radius 1 is 1.71 bits per heavy atom. The van der Waals surface area contributed by atoms with Gasteiger partial charge in [0.05, 0.1) is 5.69 Å². The molecule has 0 aromatic carbocycles. The van der Waals surface area contributed by atoms with Crippen LogP contribution in [-0.4, -0.2) is 17.6 Å². The molecule has 0 saturated heterocycles. The smallest absolute Gasteiger partial charge is 0.180 e. The van der Waals surface area contributed by atoms with E-state index < -0.39 is 0 Å². The number of nitrogens with two attached hydrogens (primary N) is 1. The maximum Gasteiger partial charge on any atom is 0.180 e. The molecule has 1 aromatic heterocycles. The number of rotatable bonds is 4. The molecule has 0 radical (unpaired) electrons. The van der Waals surface area contributed by atoms with Gasteiger partial charge >= 0.3 is 0 Å². The fourth-order valence-electron chi connectivity index (χ4n) is 1.63. The van der Waals surface area contributed by atoms with Crippen LogP contribution in [0.2, 0.25) is 0 Å². The van der Waals surface area contributed by atoms with Crippen molar-refractivity contribution in [2.45, 2.75) is 32.7 Å². The first kappa shape index (κ1) is 9.93. The summed E-state index contributed by atoms with van der Waals surface area (Å²) in [7, 11) is 0. The van der Waals surface area contributed by atoms with Gasteiger partial charge < -0.3 is 11.1 Å². The molecule has 0 amide bonds. The maximum absolute atomic E-state index is 5.55. The van der Waals surface area contributed by atoms with Crippen molar-refractivity contribution < 1.29 is 0 Å². The predicted octanol–water partition coefficient (Wildman–Crippen LogP) is 1.66. The molecule has 1 heterocycles. The summed E-state index contributed by atoms with van der Waals surface area (Å²) in [5.41, 5.74) is 7.18. The molecular formula is C10H17N3S. The minimum Gasteiger partial charge on any atom is -0.375 e. The molecule has 0 spiro atoms. The van der Waals surface area contributed by atoms with Crippen molar-refractivity contribution in [1.29, 1.82) is 0 Å². The van der Waals surface area contributed by atoms with Crippen molar-refractivity contribution in [1.82, 2.24) is 10.3 Å². The van der Waals surface area contributed by atoms with Crippen LogP contribution in [0.5, 0.6) is 0 Å². The molecule has 1 atom stereocenters. The lowest BCUT2D eigenvalue weighted by atomic mass is 10.2. The number of nitrogen functional groups attached to an aromatic ring is 1. The van der Waals surface area contributed by atoms with Crippen molar-refractivity contribution >= 4 is 16.5 Å². The Morgan fingerprint density at radius 3 is 2.93 bits per heavy atom. The minimum atomic E-state index is 0.515. The normalized spacial score (nSPS) is 23.7. The van der Waals surface area contributed by atoms with Crippen molar-refractivity contribution in [3.8, 4) is 0 Å². The van der Waals surface area contributed by atoms with Crippen LogP contribution < -0.4 is 11.1 Å². The first-order valence-electron chi connectivity index (χ1n) is 5.01. The van der Waals surface area contributed by atoms with E-state index in [0.29, 0.717) is 16.6 Å². The lowest BCUT2D eigenvalue weighted by molar-refractivity contribution is 0.543. The first-order chi connectivity index (χ1) is 6.58. The first-order valence-corrected chi connectivity index (χ1v) is 5.89. The largest absolute Gasteiger partial charge is 0.375 e. The average Bonchev–Trinajstić information content (AvgIpc) is 2.53. The van der Waals surface area contributed by atoms with Gasteiger partial charge in [-0.15, -0.1) is 11.3 Å². The standard InChI is InChI=1S/C10H17N3S/c1-10(2)5-8(10)12-4-3-7-6-14-9(11)13-7/h6,8,12H,3-5H2,1-2H3,(H2,11,13). The van der Waals surface area contributed by atoms with Gasteiger partial charge in [0.2, 0.25) is 0 Å². The minimum absolute atomic E-state index is 0.515. The fourth-order valence-corrected chi connectivity index (χ4v) is 2.22. The molecule has 78 valence electrons. The van der Waals surface area contributed by atoms with Gasteiger partial charge in [-0.3, -0.25) is 0 Å². The highest BCUT2D eigenvalue weighted by Gasteiger charge is 2.44. The zero-order chi connectivity index (χ0) is 10.2. The van der Waals surface area contributed by atoms with Crippen LogP contribution in [0, 0.1) is 5.41 Å². The van der Waals surface area contributed by atoms with Gasteiger partial charge in [0.1, 0.15) is 0 Å². The van der Waals surface area contributed by atoms with Gasteiger partial charge in [0, 0.05) is 24.4 Å². The SMILES string of the molecule is CC1(C)CC1NCCc1csc(N)n1. The van der Waals surface area contributed by atoms with Crippen molar-refractivity contribution in [3.05, 3.63) is 11.1 Å². The summed E-state index contributed by atoms with van der Waals surface area (Å²) in [5, 5.41) is 6.24. The molecule has 3 nitrogen and oxygen atoms in total. The van der Waals surface area contributed by atoms with Crippen LogP contribution in [-0.2, 0) is 6.42 Å². The third-order valence-corrected chi connectivity index (χ3v) is 3.58. The van der Waals surface area contributed by atoms with Crippen LogP contribution in [0.25, 0.3) is 0 Å². The molecule has 1 aliphatic carbocycles. The number of nitrogens with zero attached hydrogens (tertiary/aromatic N) is 1. The molecule has 3 N–H and O–H groups in total. The zero-order valence-corrected chi connectivity index (χ0v) is 9.53. The van der Waals surface area contributed by atoms with Crippen molar-refractivity contribution in [3.63, 3.8) is 0 Å². The zero-order valence-electron chi connectivity index (χ0n) is 8.71. The Balaban J connectivity index is 1.69. The molecule has 0 bridgehead atoms. The van der Waals surface area contributed by atoms with Gasteiger partial charge in [0.25, 0.3) is 0 Å². The molecule has 14 heavy (non-hydrogen) atoms. The quantitative estimate of drug-likeness (QED) is 0.796. The van der Waals surface area contributed by atoms with Crippen LogP contribution in [0.15, 0.2) is 5.38 Å². The Labute approximate surface area is 88.7 Å². The molecule has 1 aromatic rings. The summed E-state index contributed by atoms with van der Waals surface area (Å²) < 4.78 is 0. The van der Waals surface area contributed by atoms with Crippen molar-refractivity contribution in [2.75, 3.05) is 12.3 Å². The van der Waals surface area contributed by atoms with E-state index in [1.165, 1.54) is 17.8 Å². The molecule has 1 aliphatic rings. The summed E-state index contributed by atoms with van der Waals surface area (Å²) in [6.45, 7) is 5.61. The van der Waals surface area contributed by atoms with E-state index in [2.05, 4.69) is 24.1 Å². The molecule has 4 heteroatoms. The van der Waals surface area contributed by atoms with E-state index in [1.807, 2.05) is 5.38 Å². The van der Waals surface area contributed by atoms with Crippen LogP contribution in [0.1, 0.15) is 26.0 Å². The molecule has 1 saturated carbocycles. The van der Waals surface area contributed by atoms with Gasteiger partial charge in [-0.25, -0.2) is 4.98 Å². The number of anilines is 1. The third kappa shape index (κ3) is 2.25. The second-order valence-corrected chi connectivity index (χ2v) is 5.52. The van der Waals surface area contributed by atoms with E-state index in [1.54, 1.807) is 0 Å². The molecule has 1 unspecified atom stereocenters. The summed E-state index contributed by atoms with van der Waals surface area (Å²) in [6, 6.07) is 0.707. The van der Waals surface area contributed by atoms with Gasteiger partial charge in [0.15, 0.2) is 5.13 Å². The Morgan fingerprint density at radius 2 is 2.43 bits per heavy atom. The van der Waals surface area contributed by atoms with E-state index >= 15 is 0 Å². The highest BCUT2D eigenvalue weighted by molar-refractivity contribution is 7.13. The highest BCUT2D eigenvalue weighted by atomic mass is 32.1. The average molecular weight is 211 g/mol. The summed E-state index contributed by atoms with van der Waals surface area (Å²) in [6.07, 6.45) is 2.28. The number of aromatic nitrogens is 1. The third-order valence-electron chi connectivity index (χ3n) is 2.85. The lowest BCUT2D eigenvalue weighted by Gasteiger charge is -2.04. The molecule has 0 aliphatic heterocycles. The number of thiazole rings is 1. The maximum atomic E-state index is 5.55. The van der Waals surface area contributed by atoms with Crippen LogP contribution >= 0.6 is 11.3 Å². The van der Waals surface area contributed by atoms with Gasteiger partial charge in [-0.2, -0.15) is 0 Å². The van der Waals surface area contributed by atoms with Gasteiger partial charge in [-0.05, 0) is 11.8 Å². The Hall–Kier alpha value is -0.610. The second kappa shape index (κ2) is 3.51. The highest BCUT2D eigenvalue weighted by Crippen LogP contribution is 2.44. The van der Waals surface area contributed by atoms with Crippen LogP contribution in [0.4, 0.5) is 5.13 Å². The summed E-state index contributed by atoms with van der Waals surface area (Å²) in [4.78, 5) is 4.22. The molecular weight excluding hydrogens is 194 g/mol. The number of nitrogens with one attached hydrogen (secondary N) is 1. The van der Waals surface area contributed by atoms with E-state index in [-0.39, 0.29) is 0 Å². The number of hydrogen-bond donors (Lipinski definition) is 2. The molecule has 2 rings (SSSR count). The Kier molecular flexibility index (Phi) is 2.49. The fraction of sp³-hybridized carbons (Fsp3) is 0.700. The lowest BCUT2D eigenvalue weighted by Crippen LogP contribution is -2.23. The van der Waals surface area contributed by atoms with Crippen molar-refractivity contribution in [2.24, 2.45) is 5.41 Å². The second-order valence-electron chi connectivity index (χ2n) is 4.63. The monoisotopic (exact) mass is 211 g/mol. The topological polar surface area (TPSA) is 50.9 Å². The summed E-state index contributed by atoms with van der Waals surface area (Å²) in [5.74, 6) is 0. The van der Waals surface area contributed by atoms with E-state index in [9.17, 15) is 0 Å². The summed E-state index contributed by atoms with van der Waals surface area (Å²) >= 11 is 1.52. The van der Waals surface area contributed by atoms with E-state index in [0.717, 1.165) is 18.7 Å². The molecule has 1 fully saturated rings. The Bertz CT molecular complexity index is 319.